The Labute approximate surface area is 179 Å². The Morgan fingerprint density at radius 3 is 2.20 bits per heavy atom. The Balaban J connectivity index is 2.11. The number of carbonyl (C=O) groups excluding carboxylic acids is 2. The minimum Gasteiger partial charge on any atom is -0.471 e. The highest BCUT2D eigenvalue weighted by atomic mass is 32.1. The minimum atomic E-state index is 0.237. The summed E-state index contributed by atoms with van der Waals surface area (Å²) in [5.41, 5.74) is 2.22. The van der Waals surface area contributed by atoms with Gasteiger partial charge >= 0.3 is 0 Å². The Morgan fingerprint density at radius 1 is 0.867 bits per heavy atom. The number of rotatable bonds is 5. The molecule has 0 saturated carbocycles. The summed E-state index contributed by atoms with van der Waals surface area (Å²) in [5.74, 6) is 0. The highest BCUT2D eigenvalue weighted by molar-refractivity contribution is 7.80. The lowest BCUT2D eigenvalue weighted by atomic mass is 9.97. The summed E-state index contributed by atoms with van der Waals surface area (Å²) in [6, 6.07) is 23.0. The molecule has 0 radical (unpaired) electrons. The van der Waals surface area contributed by atoms with Crippen LogP contribution in [0.15, 0.2) is 72.8 Å². The molecule has 4 aromatic carbocycles. The molecule has 4 rings (SSSR count). The Morgan fingerprint density at radius 2 is 1.50 bits per heavy atom. The van der Waals surface area contributed by atoms with Crippen LogP contribution in [0.1, 0.15) is 27.6 Å². The monoisotopic (exact) mass is 413 g/mol. The number of fused-ring (bicyclic) bond motifs is 2. The first kappa shape index (κ1) is 19.7. The molecular formula is C25H19NO3S. The molecule has 0 heterocycles. The van der Waals surface area contributed by atoms with Crippen LogP contribution in [-0.4, -0.2) is 24.4 Å². The molecular weight excluding hydrogens is 394 g/mol. The molecule has 0 aromatic heterocycles. The average molecular weight is 413 g/mol. The van der Waals surface area contributed by atoms with E-state index >= 15 is 0 Å². The lowest BCUT2D eigenvalue weighted by Gasteiger charge is -2.28. The lowest BCUT2D eigenvalue weighted by molar-refractivity contribution is 0.112. The molecule has 30 heavy (non-hydrogen) atoms. The summed E-state index contributed by atoms with van der Waals surface area (Å²) < 4.78 is 5.74. The third-order valence-corrected chi connectivity index (χ3v) is 5.31. The van der Waals surface area contributed by atoms with E-state index in [1.807, 2.05) is 73.7 Å². The predicted octanol–water partition coefficient (Wildman–Crippen LogP) is 6.08. The van der Waals surface area contributed by atoms with Crippen LogP contribution in [-0.2, 0) is 4.74 Å². The summed E-state index contributed by atoms with van der Waals surface area (Å²) in [5, 5.41) is 3.75. The number of thiocarbonyl (C=S) groups is 1. The zero-order chi connectivity index (χ0) is 21.1. The van der Waals surface area contributed by atoms with Crippen LogP contribution in [0.3, 0.4) is 0 Å². The van der Waals surface area contributed by atoms with Gasteiger partial charge < -0.3 is 4.74 Å². The van der Waals surface area contributed by atoms with Crippen molar-refractivity contribution < 1.29 is 14.3 Å². The van der Waals surface area contributed by atoms with Gasteiger partial charge in [-0.15, -0.1) is 0 Å². The van der Waals surface area contributed by atoms with Crippen LogP contribution in [0.25, 0.3) is 21.5 Å². The number of nitrogens with zero attached hydrogens (tertiary/aromatic N) is 1. The van der Waals surface area contributed by atoms with Crippen LogP contribution in [0.4, 0.5) is 11.4 Å². The van der Waals surface area contributed by atoms with Crippen molar-refractivity contribution in [3.63, 3.8) is 0 Å². The van der Waals surface area contributed by atoms with Crippen molar-refractivity contribution in [2.24, 2.45) is 0 Å². The Kier molecular flexibility index (Phi) is 5.55. The summed E-state index contributed by atoms with van der Waals surface area (Å²) >= 11 is 5.65. The largest absolute Gasteiger partial charge is 0.471 e. The van der Waals surface area contributed by atoms with Gasteiger partial charge in [-0.3, -0.25) is 14.5 Å². The highest BCUT2D eigenvalue weighted by Gasteiger charge is 2.24. The minimum absolute atomic E-state index is 0.237. The van der Waals surface area contributed by atoms with E-state index in [0.717, 1.165) is 39.8 Å². The van der Waals surface area contributed by atoms with Crippen LogP contribution < -0.4 is 4.90 Å². The fourth-order valence-corrected chi connectivity index (χ4v) is 4.06. The Hall–Kier alpha value is -3.57. The first-order valence-electron chi connectivity index (χ1n) is 9.60. The maximum atomic E-state index is 12.1. The normalized spacial score (nSPS) is 10.7. The fourth-order valence-electron chi connectivity index (χ4n) is 3.75. The Bertz CT molecular complexity index is 1280. The van der Waals surface area contributed by atoms with E-state index < -0.39 is 0 Å². The lowest BCUT2D eigenvalue weighted by Crippen LogP contribution is -2.28. The van der Waals surface area contributed by atoms with Gasteiger partial charge in [-0.1, -0.05) is 60.7 Å². The van der Waals surface area contributed by atoms with Crippen molar-refractivity contribution in [2.75, 3.05) is 11.5 Å². The van der Waals surface area contributed by atoms with Crippen molar-refractivity contribution >= 4 is 62.9 Å². The van der Waals surface area contributed by atoms with E-state index in [-0.39, 0.29) is 5.17 Å². The second-order valence-corrected chi connectivity index (χ2v) is 7.07. The van der Waals surface area contributed by atoms with Crippen molar-refractivity contribution in [2.45, 2.75) is 6.92 Å². The van der Waals surface area contributed by atoms with Crippen LogP contribution in [0.2, 0.25) is 0 Å². The standard InChI is InChI=1S/C25H19NO3S/c1-2-29-25(30)26(23-13-7-9-17-8-3-4-11-21(17)23)24-19(16-28)14-18(15-27)20-10-5-6-12-22(20)24/h3-16H,2H2,1H3. The molecule has 0 aliphatic heterocycles. The van der Waals surface area contributed by atoms with Gasteiger partial charge in [-0.25, -0.2) is 0 Å². The van der Waals surface area contributed by atoms with Crippen LogP contribution in [0, 0.1) is 0 Å². The molecule has 0 saturated heterocycles. The van der Waals surface area contributed by atoms with E-state index in [1.54, 1.807) is 11.0 Å². The molecule has 5 heteroatoms. The van der Waals surface area contributed by atoms with E-state index in [1.165, 1.54) is 0 Å². The van der Waals surface area contributed by atoms with Gasteiger partial charge in [0.25, 0.3) is 5.17 Å². The average Bonchev–Trinajstić information content (AvgIpc) is 2.79. The number of benzene rings is 4. The molecule has 148 valence electrons. The molecule has 4 aromatic rings. The molecule has 0 fully saturated rings. The second kappa shape index (κ2) is 8.43. The zero-order valence-electron chi connectivity index (χ0n) is 16.4. The number of anilines is 2. The van der Waals surface area contributed by atoms with Crippen LogP contribution >= 0.6 is 12.2 Å². The number of hydrogen-bond acceptors (Lipinski definition) is 4. The zero-order valence-corrected chi connectivity index (χ0v) is 17.2. The van der Waals surface area contributed by atoms with Gasteiger partial charge in [0, 0.05) is 21.9 Å². The molecule has 0 atom stereocenters. The molecule has 0 aliphatic rings. The van der Waals surface area contributed by atoms with Gasteiger partial charge in [0.2, 0.25) is 0 Å². The topological polar surface area (TPSA) is 46.6 Å². The van der Waals surface area contributed by atoms with Gasteiger partial charge in [-0.05, 0) is 42.0 Å². The van der Waals surface area contributed by atoms with E-state index in [0.29, 0.717) is 23.4 Å². The maximum absolute atomic E-state index is 12.1. The van der Waals surface area contributed by atoms with Gasteiger partial charge in [0.05, 0.1) is 18.0 Å². The molecule has 0 amide bonds. The van der Waals surface area contributed by atoms with E-state index in [9.17, 15) is 9.59 Å². The van der Waals surface area contributed by atoms with Crippen molar-refractivity contribution in [1.82, 2.24) is 0 Å². The van der Waals surface area contributed by atoms with Crippen molar-refractivity contribution in [3.05, 3.63) is 83.9 Å². The summed E-state index contributed by atoms with van der Waals surface area (Å²) in [4.78, 5) is 25.6. The number of aldehydes is 2. The summed E-state index contributed by atoms with van der Waals surface area (Å²) in [6.45, 7) is 2.25. The van der Waals surface area contributed by atoms with E-state index in [2.05, 4.69) is 0 Å². The predicted molar refractivity (Wildman–Crippen MR) is 125 cm³/mol. The smallest absolute Gasteiger partial charge is 0.268 e. The molecule has 0 aliphatic carbocycles. The third kappa shape index (κ3) is 3.33. The van der Waals surface area contributed by atoms with Gasteiger partial charge in [-0.2, -0.15) is 0 Å². The first-order valence-corrected chi connectivity index (χ1v) is 10.0. The molecule has 0 spiro atoms. The molecule has 0 N–H and O–H groups in total. The molecule has 4 nitrogen and oxygen atoms in total. The maximum Gasteiger partial charge on any atom is 0.268 e. The van der Waals surface area contributed by atoms with E-state index in [4.69, 9.17) is 17.0 Å². The molecule has 0 bridgehead atoms. The second-order valence-electron chi connectivity index (χ2n) is 6.72. The summed E-state index contributed by atoms with van der Waals surface area (Å²) in [7, 11) is 0. The molecule has 0 unspecified atom stereocenters. The SMILES string of the molecule is CCOC(=S)N(c1cccc2ccccc12)c1c(C=O)cc(C=O)c2ccccc12. The van der Waals surface area contributed by atoms with Gasteiger partial charge in [0.15, 0.2) is 12.6 Å². The van der Waals surface area contributed by atoms with Crippen molar-refractivity contribution in [3.8, 4) is 0 Å². The van der Waals surface area contributed by atoms with Crippen molar-refractivity contribution in [1.29, 1.82) is 0 Å². The fraction of sp³-hybridized carbons (Fsp3) is 0.0800. The van der Waals surface area contributed by atoms with Gasteiger partial charge in [0.1, 0.15) is 0 Å². The van der Waals surface area contributed by atoms with Crippen LogP contribution in [0.5, 0.6) is 0 Å². The number of carbonyl (C=O) groups is 2. The third-order valence-electron chi connectivity index (χ3n) is 5.01. The first-order chi connectivity index (χ1) is 14.7. The summed E-state index contributed by atoms with van der Waals surface area (Å²) in [6.07, 6.45) is 1.52. The number of hydrogen-bond donors (Lipinski definition) is 0. The number of ether oxygens (including phenoxy) is 1. The quantitative estimate of drug-likeness (QED) is 0.293. The highest BCUT2D eigenvalue weighted by Crippen LogP contribution is 2.40.